The maximum absolute atomic E-state index is 12.1. The lowest BCUT2D eigenvalue weighted by molar-refractivity contribution is -0.144. The van der Waals surface area contributed by atoms with Crippen molar-refractivity contribution in [1.82, 2.24) is 4.31 Å². The third kappa shape index (κ3) is 4.15. The lowest BCUT2D eigenvalue weighted by Gasteiger charge is -2.21. The number of hydrogen-bond acceptors (Lipinski definition) is 7. The molecule has 1 fully saturated rings. The molecule has 2 unspecified atom stereocenters. The topological polar surface area (TPSA) is 110 Å². The molecule has 0 aromatic heterocycles. The van der Waals surface area contributed by atoms with Gasteiger partial charge < -0.3 is 14.6 Å². The SMILES string of the molecule is CCOC(=O)CCS(=O)(=O)N1CC(O)CC1C(=O)OC. The van der Waals surface area contributed by atoms with Crippen molar-refractivity contribution in [3.8, 4) is 0 Å². The van der Waals surface area contributed by atoms with Crippen LogP contribution in [0.3, 0.4) is 0 Å². The van der Waals surface area contributed by atoms with Gasteiger partial charge in [-0.25, -0.2) is 8.42 Å². The van der Waals surface area contributed by atoms with Crippen LogP contribution in [-0.4, -0.2) is 67.9 Å². The first-order chi connectivity index (χ1) is 9.31. The van der Waals surface area contributed by atoms with E-state index in [1.807, 2.05) is 0 Å². The van der Waals surface area contributed by atoms with Crippen LogP contribution < -0.4 is 0 Å². The van der Waals surface area contributed by atoms with Crippen molar-refractivity contribution < 1.29 is 32.6 Å². The molecular formula is C11H19NO7S. The van der Waals surface area contributed by atoms with Crippen molar-refractivity contribution in [3.63, 3.8) is 0 Å². The minimum atomic E-state index is -3.84. The van der Waals surface area contributed by atoms with Crippen LogP contribution in [-0.2, 0) is 29.1 Å². The van der Waals surface area contributed by atoms with Gasteiger partial charge in [-0.05, 0) is 6.92 Å². The zero-order valence-corrected chi connectivity index (χ0v) is 12.3. The highest BCUT2D eigenvalue weighted by atomic mass is 32.2. The number of ether oxygens (including phenoxy) is 2. The number of hydrogen-bond donors (Lipinski definition) is 1. The molecule has 1 N–H and O–H groups in total. The first-order valence-electron chi connectivity index (χ1n) is 6.22. The maximum Gasteiger partial charge on any atom is 0.324 e. The van der Waals surface area contributed by atoms with Crippen LogP contribution in [0.25, 0.3) is 0 Å². The highest BCUT2D eigenvalue weighted by Gasteiger charge is 2.43. The van der Waals surface area contributed by atoms with E-state index in [4.69, 9.17) is 0 Å². The van der Waals surface area contributed by atoms with Gasteiger partial charge in [0.1, 0.15) is 6.04 Å². The van der Waals surface area contributed by atoms with E-state index < -0.39 is 39.9 Å². The van der Waals surface area contributed by atoms with Crippen molar-refractivity contribution in [3.05, 3.63) is 0 Å². The Hall–Kier alpha value is -1.19. The molecule has 9 heteroatoms. The first-order valence-corrected chi connectivity index (χ1v) is 7.83. The number of esters is 2. The molecular weight excluding hydrogens is 290 g/mol. The fraction of sp³-hybridized carbons (Fsp3) is 0.818. The van der Waals surface area contributed by atoms with E-state index >= 15 is 0 Å². The third-order valence-corrected chi connectivity index (χ3v) is 4.77. The largest absolute Gasteiger partial charge is 0.468 e. The summed E-state index contributed by atoms with van der Waals surface area (Å²) in [6, 6.07) is -1.04. The molecule has 20 heavy (non-hydrogen) atoms. The molecule has 0 aromatic rings. The minimum Gasteiger partial charge on any atom is -0.468 e. The number of β-amino-alcohol motifs (C(OH)–C–C–N with tert-alkyl or cyclic N) is 1. The van der Waals surface area contributed by atoms with E-state index in [-0.39, 0.29) is 26.0 Å². The average molecular weight is 309 g/mol. The lowest BCUT2D eigenvalue weighted by atomic mass is 10.2. The van der Waals surface area contributed by atoms with Gasteiger partial charge >= 0.3 is 11.9 Å². The van der Waals surface area contributed by atoms with Crippen molar-refractivity contribution in [2.75, 3.05) is 26.0 Å². The summed E-state index contributed by atoms with van der Waals surface area (Å²) >= 11 is 0. The molecule has 1 saturated heterocycles. The number of aliphatic hydroxyl groups excluding tert-OH is 1. The second kappa shape index (κ2) is 7.00. The Balaban J connectivity index is 2.74. The zero-order valence-electron chi connectivity index (χ0n) is 11.4. The van der Waals surface area contributed by atoms with E-state index in [0.29, 0.717) is 0 Å². The summed E-state index contributed by atoms with van der Waals surface area (Å²) < 4.78 is 34.3. The summed E-state index contributed by atoms with van der Waals surface area (Å²) in [4.78, 5) is 22.7. The fourth-order valence-electron chi connectivity index (χ4n) is 2.00. The number of carbonyl (C=O) groups excluding carboxylic acids is 2. The molecule has 2 atom stereocenters. The molecule has 0 aromatic carbocycles. The molecule has 1 aliphatic heterocycles. The third-order valence-electron chi connectivity index (χ3n) is 2.93. The van der Waals surface area contributed by atoms with Gasteiger partial charge in [0.05, 0.1) is 32.0 Å². The molecule has 8 nitrogen and oxygen atoms in total. The molecule has 1 heterocycles. The monoisotopic (exact) mass is 309 g/mol. The van der Waals surface area contributed by atoms with Crippen LogP contribution in [0, 0.1) is 0 Å². The number of carbonyl (C=O) groups is 2. The Morgan fingerprint density at radius 1 is 1.40 bits per heavy atom. The van der Waals surface area contributed by atoms with E-state index in [9.17, 15) is 23.1 Å². The van der Waals surface area contributed by atoms with Gasteiger partial charge in [-0.15, -0.1) is 0 Å². The van der Waals surface area contributed by atoms with Gasteiger partial charge in [0.25, 0.3) is 0 Å². The quantitative estimate of drug-likeness (QED) is 0.619. The minimum absolute atomic E-state index is 0.00862. The van der Waals surface area contributed by atoms with Crippen LogP contribution in [0.2, 0.25) is 0 Å². The Morgan fingerprint density at radius 2 is 2.05 bits per heavy atom. The highest BCUT2D eigenvalue weighted by molar-refractivity contribution is 7.89. The summed E-state index contributed by atoms with van der Waals surface area (Å²) in [6.07, 6.45) is -1.22. The van der Waals surface area contributed by atoms with Crippen LogP contribution >= 0.6 is 0 Å². The van der Waals surface area contributed by atoms with Crippen LogP contribution in [0.5, 0.6) is 0 Å². The molecule has 1 rings (SSSR count). The molecule has 116 valence electrons. The van der Waals surface area contributed by atoms with Crippen molar-refractivity contribution >= 4 is 22.0 Å². The Labute approximate surface area is 117 Å². The molecule has 1 aliphatic rings. The predicted molar refractivity (Wildman–Crippen MR) is 68.2 cm³/mol. The van der Waals surface area contributed by atoms with Crippen molar-refractivity contribution in [2.24, 2.45) is 0 Å². The van der Waals surface area contributed by atoms with Crippen molar-refractivity contribution in [2.45, 2.75) is 31.9 Å². The molecule has 0 amide bonds. The summed E-state index contributed by atoms with van der Waals surface area (Å²) in [6.45, 7) is 1.62. The lowest BCUT2D eigenvalue weighted by Crippen LogP contribution is -2.42. The molecule has 0 spiro atoms. The van der Waals surface area contributed by atoms with Crippen LogP contribution in [0.4, 0.5) is 0 Å². The van der Waals surface area contributed by atoms with Crippen molar-refractivity contribution in [1.29, 1.82) is 0 Å². The zero-order chi connectivity index (χ0) is 15.3. The van der Waals surface area contributed by atoms with E-state index in [2.05, 4.69) is 9.47 Å². The van der Waals surface area contributed by atoms with E-state index in [1.54, 1.807) is 6.92 Å². The molecule has 0 saturated carbocycles. The molecule has 0 radical (unpaired) electrons. The summed E-state index contributed by atoms with van der Waals surface area (Å²) in [7, 11) is -2.69. The van der Waals surface area contributed by atoms with Gasteiger partial charge in [0.2, 0.25) is 10.0 Å². The summed E-state index contributed by atoms with van der Waals surface area (Å²) in [5.41, 5.74) is 0. The van der Waals surface area contributed by atoms with Gasteiger partial charge in [-0.1, -0.05) is 0 Å². The summed E-state index contributed by atoms with van der Waals surface area (Å²) in [5.74, 6) is -1.81. The van der Waals surface area contributed by atoms with Gasteiger partial charge in [-0.2, -0.15) is 4.31 Å². The average Bonchev–Trinajstić information content (AvgIpc) is 2.79. The van der Waals surface area contributed by atoms with Crippen LogP contribution in [0.1, 0.15) is 19.8 Å². The van der Waals surface area contributed by atoms with Gasteiger partial charge in [0.15, 0.2) is 0 Å². The normalized spacial score (nSPS) is 23.6. The maximum atomic E-state index is 12.1. The fourth-order valence-corrected chi connectivity index (χ4v) is 3.62. The van der Waals surface area contributed by atoms with E-state index in [1.165, 1.54) is 0 Å². The highest BCUT2D eigenvalue weighted by Crippen LogP contribution is 2.23. The molecule has 0 bridgehead atoms. The number of aliphatic hydroxyl groups is 1. The van der Waals surface area contributed by atoms with Gasteiger partial charge in [0, 0.05) is 13.0 Å². The van der Waals surface area contributed by atoms with Crippen LogP contribution in [0.15, 0.2) is 0 Å². The van der Waals surface area contributed by atoms with Gasteiger partial charge in [-0.3, -0.25) is 9.59 Å². The Morgan fingerprint density at radius 3 is 2.60 bits per heavy atom. The second-order valence-electron chi connectivity index (χ2n) is 4.37. The number of nitrogens with zero attached hydrogens (tertiary/aromatic N) is 1. The Kier molecular flexibility index (Phi) is 5.90. The summed E-state index contributed by atoms with van der Waals surface area (Å²) in [5, 5.41) is 9.53. The number of methoxy groups -OCH3 is 1. The molecule has 0 aliphatic carbocycles. The smallest absolute Gasteiger partial charge is 0.324 e. The number of rotatable bonds is 6. The standard InChI is InChI=1S/C11H19NO7S/c1-3-19-10(14)4-5-20(16,17)12-7-8(13)6-9(12)11(15)18-2/h8-9,13H,3-7H2,1-2H3. The predicted octanol–water partition coefficient (Wildman–Crippen LogP) is -1.12. The Bertz CT molecular complexity index is 461. The first kappa shape index (κ1) is 16.9. The number of sulfonamides is 1. The van der Waals surface area contributed by atoms with E-state index in [0.717, 1.165) is 11.4 Å². The second-order valence-corrected chi connectivity index (χ2v) is 6.41.